The highest BCUT2D eigenvalue weighted by Gasteiger charge is 2.09. The van der Waals surface area contributed by atoms with E-state index >= 15 is 0 Å². The zero-order valence-corrected chi connectivity index (χ0v) is 13.1. The third-order valence-corrected chi connectivity index (χ3v) is 3.40. The fraction of sp³-hybridized carbons (Fsp3) is 0.214. The van der Waals surface area contributed by atoms with Crippen LogP contribution in [0.25, 0.3) is 0 Å². The zero-order chi connectivity index (χ0) is 14.5. The van der Waals surface area contributed by atoms with Gasteiger partial charge in [-0.05, 0) is 34.5 Å². The molecule has 0 bridgehead atoms. The largest absolute Gasteiger partial charge is 0.456 e. The number of aromatic nitrogens is 1. The van der Waals surface area contributed by atoms with Crippen LogP contribution in [0.3, 0.4) is 0 Å². The second-order valence-corrected chi connectivity index (χ2v) is 5.36. The van der Waals surface area contributed by atoms with E-state index in [-0.39, 0.29) is 5.02 Å². The number of pyridine rings is 1. The first-order chi connectivity index (χ1) is 9.60. The number of anilines is 1. The first kappa shape index (κ1) is 15.1. The van der Waals surface area contributed by atoms with E-state index in [1.165, 1.54) is 12.1 Å². The minimum Gasteiger partial charge on any atom is -0.456 e. The van der Waals surface area contributed by atoms with Gasteiger partial charge in [0, 0.05) is 24.9 Å². The van der Waals surface area contributed by atoms with Crippen molar-refractivity contribution in [1.82, 2.24) is 4.98 Å². The van der Waals surface area contributed by atoms with E-state index in [0.29, 0.717) is 16.0 Å². The van der Waals surface area contributed by atoms with Crippen molar-refractivity contribution in [1.29, 1.82) is 0 Å². The monoisotopic (exact) mass is 358 g/mol. The summed E-state index contributed by atoms with van der Waals surface area (Å²) in [5.41, 5.74) is 0. The molecule has 2 rings (SSSR count). The third kappa shape index (κ3) is 3.84. The smallest absolute Gasteiger partial charge is 0.145 e. The van der Waals surface area contributed by atoms with Crippen molar-refractivity contribution in [3.8, 4) is 11.5 Å². The quantitative estimate of drug-likeness (QED) is 0.740. The Kier molecular flexibility index (Phi) is 5.20. The van der Waals surface area contributed by atoms with Gasteiger partial charge in [-0.15, -0.1) is 0 Å². The average molecular weight is 360 g/mol. The van der Waals surface area contributed by atoms with Gasteiger partial charge in [0.2, 0.25) is 0 Å². The van der Waals surface area contributed by atoms with Crippen LogP contribution < -0.4 is 10.1 Å². The normalized spacial score (nSPS) is 10.4. The van der Waals surface area contributed by atoms with Gasteiger partial charge in [0.05, 0.1) is 9.50 Å². The van der Waals surface area contributed by atoms with E-state index in [4.69, 9.17) is 16.3 Å². The number of ether oxygens (including phenoxy) is 1. The van der Waals surface area contributed by atoms with Gasteiger partial charge in [-0.1, -0.05) is 18.5 Å². The van der Waals surface area contributed by atoms with Crippen molar-refractivity contribution >= 4 is 33.3 Å². The molecule has 0 aliphatic heterocycles. The maximum Gasteiger partial charge on any atom is 0.145 e. The molecule has 1 N–H and O–H groups in total. The molecule has 106 valence electrons. The summed E-state index contributed by atoms with van der Waals surface area (Å²) in [6.07, 6.45) is 2.63. The van der Waals surface area contributed by atoms with Gasteiger partial charge < -0.3 is 10.1 Å². The standard InChI is InChI=1S/C14H13BrClFN2O/c1-2-4-18-14-6-9(3-5-19-14)20-13-8-12(17)11(16)7-10(13)15/h3,5-8H,2,4H2,1H3,(H,18,19). The van der Waals surface area contributed by atoms with Gasteiger partial charge in [0.1, 0.15) is 23.1 Å². The fourth-order valence-corrected chi connectivity index (χ4v) is 2.25. The molecule has 0 radical (unpaired) electrons. The summed E-state index contributed by atoms with van der Waals surface area (Å²) in [5, 5.41) is 3.20. The average Bonchev–Trinajstić information content (AvgIpc) is 2.43. The number of hydrogen-bond acceptors (Lipinski definition) is 3. The molecule has 0 saturated heterocycles. The molecule has 2 aromatic rings. The molecule has 3 nitrogen and oxygen atoms in total. The Morgan fingerprint density at radius 1 is 1.40 bits per heavy atom. The summed E-state index contributed by atoms with van der Waals surface area (Å²) >= 11 is 8.98. The van der Waals surface area contributed by atoms with Crippen LogP contribution >= 0.6 is 27.5 Å². The topological polar surface area (TPSA) is 34.1 Å². The molecule has 0 atom stereocenters. The van der Waals surface area contributed by atoms with Crippen molar-refractivity contribution in [2.45, 2.75) is 13.3 Å². The minimum absolute atomic E-state index is 0.0456. The van der Waals surface area contributed by atoms with Crippen molar-refractivity contribution in [2.75, 3.05) is 11.9 Å². The number of rotatable bonds is 5. The number of nitrogens with zero attached hydrogens (tertiary/aromatic N) is 1. The Bertz CT molecular complexity index is 610. The van der Waals surface area contributed by atoms with Gasteiger partial charge >= 0.3 is 0 Å². The second-order valence-electron chi connectivity index (χ2n) is 4.10. The van der Waals surface area contributed by atoms with Crippen molar-refractivity contribution in [2.24, 2.45) is 0 Å². The Hall–Kier alpha value is -1.33. The molecular formula is C14H13BrClFN2O. The predicted octanol–water partition coefficient (Wildman–Crippen LogP) is 5.25. The van der Waals surface area contributed by atoms with Gasteiger partial charge in [-0.3, -0.25) is 0 Å². The molecule has 0 fully saturated rings. The molecule has 1 aromatic heterocycles. The highest BCUT2D eigenvalue weighted by Crippen LogP contribution is 2.34. The third-order valence-electron chi connectivity index (χ3n) is 2.49. The van der Waals surface area contributed by atoms with E-state index in [9.17, 15) is 4.39 Å². The van der Waals surface area contributed by atoms with Crippen molar-refractivity contribution in [3.63, 3.8) is 0 Å². The lowest BCUT2D eigenvalue weighted by Crippen LogP contribution is -2.01. The highest BCUT2D eigenvalue weighted by molar-refractivity contribution is 9.10. The molecule has 0 amide bonds. The zero-order valence-electron chi connectivity index (χ0n) is 10.8. The lowest BCUT2D eigenvalue weighted by Gasteiger charge is -2.10. The molecule has 0 unspecified atom stereocenters. The Morgan fingerprint density at radius 2 is 2.20 bits per heavy atom. The summed E-state index contributed by atoms with van der Waals surface area (Å²) < 4.78 is 19.7. The lowest BCUT2D eigenvalue weighted by molar-refractivity contribution is 0.473. The van der Waals surface area contributed by atoms with Crippen LogP contribution in [-0.4, -0.2) is 11.5 Å². The first-order valence-electron chi connectivity index (χ1n) is 6.12. The van der Waals surface area contributed by atoms with E-state index in [1.807, 2.05) is 0 Å². The molecule has 6 heteroatoms. The molecule has 0 aliphatic carbocycles. The molecule has 1 aromatic carbocycles. The van der Waals surface area contributed by atoms with E-state index in [1.54, 1.807) is 18.3 Å². The second kappa shape index (κ2) is 6.90. The SMILES string of the molecule is CCCNc1cc(Oc2cc(F)c(Cl)cc2Br)ccn1. The molecule has 0 aliphatic rings. The molecule has 0 saturated carbocycles. The number of nitrogens with one attached hydrogen (secondary N) is 1. The first-order valence-corrected chi connectivity index (χ1v) is 7.29. The minimum atomic E-state index is -0.525. The summed E-state index contributed by atoms with van der Waals surface area (Å²) in [5.74, 6) is 1.12. The maximum absolute atomic E-state index is 13.5. The number of halogens is 3. The summed E-state index contributed by atoms with van der Waals surface area (Å²) in [6, 6.07) is 6.17. The molecule has 0 spiro atoms. The molecule has 1 heterocycles. The summed E-state index contributed by atoms with van der Waals surface area (Å²) in [7, 11) is 0. The molecular weight excluding hydrogens is 347 g/mol. The van der Waals surface area contributed by atoms with Crippen LogP contribution in [0.1, 0.15) is 13.3 Å². The highest BCUT2D eigenvalue weighted by atomic mass is 79.9. The van der Waals surface area contributed by atoms with Crippen LogP contribution in [0.4, 0.5) is 10.2 Å². The van der Waals surface area contributed by atoms with Crippen LogP contribution in [0, 0.1) is 5.82 Å². The van der Waals surface area contributed by atoms with Gasteiger partial charge in [0.15, 0.2) is 0 Å². The van der Waals surface area contributed by atoms with E-state index in [0.717, 1.165) is 18.8 Å². The van der Waals surface area contributed by atoms with Crippen LogP contribution in [-0.2, 0) is 0 Å². The summed E-state index contributed by atoms with van der Waals surface area (Å²) in [6.45, 7) is 2.90. The number of hydrogen-bond donors (Lipinski definition) is 1. The van der Waals surface area contributed by atoms with Crippen molar-refractivity contribution in [3.05, 3.63) is 45.8 Å². The van der Waals surface area contributed by atoms with Crippen molar-refractivity contribution < 1.29 is 9.13 Å². The molecule has 20 heavy (non-hydrogen) atoms. The van der Waals surface area contributed by atoms with Gasteiger partial charge in [-0.25, -0.2) is 9.37 Å². The lowest BCUT2D eigenvalue weighted by atomic mass is 10.3. The van der Waals surface area contributed by atoms with Crippen LogP contribution in [0.5, 0.6) is 11.5 Å². The van der Waals surface area contributed by atoms with E-state index < -0.39 is 5.82 Å². The van der Waals surface area contributed by atoms with Gasteiger partial charge in [-0.2, -0.15) is 0 Å². The predicted molar refractivity (Wildman–Crippen MR) is 82.2 cm³/mol. The van der Waals surface area contributed by atoms with Crippen LogP contribution in [0.2, 0.25) is 5.02 Å². The maximum atomic E-state index is 13.5. The Labute approximate surface area is 130 Å². The van der Waals surface area contributed by atoms with Gasteiger partial charge in [0.25, 0.3) is 0 Å². The Balaban J connectivity index is 2.19. The Morgan fingerprint density at radius 3 is 2.95 bits per heavy atom. The fourth-order valence-electron chi connectivity index (χ4n) is 1.53. The van der Waals surface area contributed by atoms with Crippen LogP contribution in [0.15, 0.2) is 34.9 Å². The summed E-state index contributed by atoms with van der Waals surface area (Å²) in [4.78, 5) is 4.17. The number of benzene rings is 1. The van der Waals surface area contributed by atoms with E-state index in [2.05, 4.69) is 33.2 Å².